The van der Waals surface area contributed by atoms with Gasteiger partial charge in [-0.2, -0.15) is 0 Å². The molecule has 0 aromatic rings. The van der Waals surface area contributed by atoms with Crippen molar-refractivity contribution in [3.63, 3.8) is 0 Å². The summed E-state index contributed by atoms with van der Waals surface area (Å²) >= 11 is 0. The maximum absolute atomic E-state index is 12.8. The van der Waals surface area contributed by atoms with E-state index in [0.717, 1.165) is 38.3 Å². The lowest BCUT2D eigenvalue weighted by Gasteiger charge is -2.26. The summed E-state index contributed by atoms with van der Waals surface area (Å²) in [4.78, 5) is 14.9. The Morgan fingerprint density at radius 3 is 2.70 bits per heavy atom. The molecule has 3 rings (SSSR count). The fraction of sp³-hybridized carbons (Fsp3) is 0.941. The van der Waals surface area contributed by atoms with Gasteiger partial charge in [0.25, 0.3) is 0 Å². The highest BCUT2D eigenvalue weighted by molar-refractivity contribution is 5.82. The summed E-state index contributed by atoms with van der Waals surface area (Å²) in [5.41, 5.74) is 0.409. The SMILES string of the molecule is CC1(C)CCCN(C(=O)C2CC3CCCCC3N2)CC1. The minimum Gasteiger partial charge on any atom is -0.341 e. The van der Waals surface area contributed by atoms with E-state index in [1.54, 1.807) is 0 Å². The predicted octanol–water partition coefficient (Wildman–Crippen LogP) is 2.95. The summed E-state index contributed by atoms with van der Waals surface area (Å²) < 4.78 is 0. The van der Waals surface area contributed by atoms with Crippen molar-refractivity contribution >= 4 is 5.91 Å². The zero-order valence-corrected chi connectivity index (χ0v) is 13.2. The maximum Gasteiger partial charge on any atom is 0.239 e. The highest BCUT2D eigenvalue weighted by Crippen LogP contribution is 2.35. The second-order valence-corrected chi connectivity index (χ2v) is 7.95. The van der Waals surface area contributed by atoms with Crippen LogP contribution in [0, 0.1) is 11.3 Å². The van der Waals surface area contributed by atoms with Gasteiger partial charge in [-0.3, -0.25) is 4.79 Å². The molecular weight excluding hydrogens is 248 g/mol. The van der Waals surface area contributed by atoms with Gasteiger partial charge in [0, 0.05) is 19.1 Å². The molecule has 2 heterocycles. The number of fused-ring (bicyclic) bond motifs is 1. The van der Waals surface area contributed by atoms with E-state index in [0.29, 0.717) is 17.4 Å². The molecule has 1 amide bonds. The van der Waals surface area contributed by atoms with Crippen LogP contribution in [0.5, 0.6) is 0 Å². The van der Waals surface area contributed by atoms with Gasteiger partial charge in [-0.1, -0.05) is 26.7 Å². The molecule has 2 aliphatic heterocycles. The van der Waals surface area contributed by atoms with Crippen molar-refractivity contribution < 1.29 is 4.79 Å². The van der Waals surface area contributed by atoms with Crippen molar-refractivity contribution in [1.29, 1.82) is 0 Å². The van der Waals surface area contributed by atoms with Gasteiger partial charge < -0.3 is 10.2 Å². The van der Waals surface area contributed by atoms with Gasteiger partial charge >= 0.3 is 0 Å². The maximum atomic E-state index is 12.8. The summed E-state index contributed by atoms with van der Waals surface area (Å²) in [5.74, 6) is 1.15. The molecule has 3 atom stereocenters. The molecule has 0 spiro atoms. The van der Waals surface area contributed by atoms with Crippen LogP contribution in [0.2, 0.25) is 0 Å². The van der Waals surface area contributed by atoms with E-state index in [2.05, 4.69) is 24.1 Å². The molecule has 114 valence electrons. The number of carbonyl (C=O) groups excluding carboxylic acids is 1. The molecule has 3 unspecified atom stereocenters. The van der Waals surface area contributed by atoms with Gasteiger partial charge in [-0.15, -0.1) is 0 Å². The van der Waals surface area contributed by atoms with Crippen molar-refractivity contribution in [3.8, 4) is 0 Å². The molecule has 2 saturated heterocycles. The zero-order valence-electron chi connectivity index (χ0n) is 13.2. The molecule has 3 nitrogen and oxygen atoms in total. The van der Waals surface area contributed by atoms with Crippen LogP contribution in [0.15, 0.2) is 0 Å². The number of hydrogen-bond donors (Lipinski definition) is 1. The summed E-state index contributed by atoms with van der Waals surface area (Å²) in [6.07, 6.45) is 9.96. The third-order valence-corrected chi connectivity index (χ3v) is 5.81. The monoisotopic (exact) mass is 278 g/mol. The first-order valence-corrected chi connectivity index (χ1v) is 8.60. The lowest BCUT2D eigenvalue weighted by Crippen LogP contribution is -2.46. The Morgan fingerprint density at radius 1 is 1.10 bits per heavy atom. The van der Waals surface area contributed by atoms with E-state index in [1.165, 1.54) is 32.1 Å². The average molecular weight is 278 g/mol. The van der Waals surface area contributed by atoms with Crippen LogP contribution >= 0.6 is 0 Å². The molecule has 3 fully saturated rings. The Bertz CT molecular complexity index is 348. The number of likely N-dealkylation sites (tertiary alicyclic amines) is 1. The highest BCUT2D eigenvalue weighted by Gasteiger charge is 2.40. The zero-order chi connectivity index (χ0) is 14.2. The topological polar surface area (TPSA) is 32.3 Å². The number of nitrogens with one attached hydrogen (secondary N) is 1. The first kappa shape index (κ1) is 14.4. The van der Waals surface area contributed by atoms with Crippen molar-refractivity contribution in [2.75, 3.05) is 13.1 Å². The minimum atomic E-state index is 0.115. The number of carbonyl (C=O) groups is 1. The smallest absolute Gasteiger partial charge is 0.239 e. The highest BCUT2D eigenvalue weighted by atomic mass is 16.2. The van der Waals surface area contributed by atoms with Crippen LogP contribution in [0.25, 0.3) is 0 Å². The van der Waals surface area contributed by atoms with E-state index in [9.17, 15) is 4.79 Å². The summed E-state index contributed by atoms with van der Waals surface area (Å²) in [6, 6.07) is 0.741. The summed E-state index contributed by atoms with van der Waals surface area (Å²) in [6.45, 7) is 6.60. The van der Waals surface area contributed by atoms with Crippen molar-refractivity contribution in [2.45, 2.75) is 77.3 Å². The normalized spacial score (nSPS) is 37.3. The Labute approximate surface area is 123 Å². The number of nitrogens with zero attached hydrogens (tertiary/aromatic N) is 1. The Morgan fingerprint density at radius 2 is 1.90 bits per heavy atom. The summed E-state index contributed by atoms with van der Waals surface area (Å²) in [7, 11) is 0. The average Bonchev–Trinajstić information content (AvgIpc) is 2.77. The second-order valence-electron chi connectivity index (χ2n) is 7.95. The third-order valence-electron chi connectivity index (χ3n) is 5.81. The van der Waals surface area contributed by atoms with Gasteiger partial charge in [0.1, 0.15) is 0 Å². The Kier molecular flexibility index (Phi) is 4.07. The van der Waals surface area contributed by atoms with Crippen molar-refractivity contribution in [2.24, 2.45) is 11.3 Å². The lowest BCUT2D eigenvalue weighted by molar-refractivity contribution is -0.133. The Balaban J connectivity index is 1.59. The molecule has 1 N–H and O–H groups in total. The van der Waals surface area contributed by atoms with Gasteiger partial charge in [0.05, 0.1) is 6.04 Å². The molecule has 1 saturated carbocycles. The van der Waals surface area contributed by atoms with Crippen LogP contribution in [0.4, 0.5) is 0 Å². The van der Waals surface area contributed by atoms with Gasteiger partial charge in [-0.25, -0.2) is 0 Å². The first-order chi connectivity index (χ1) is 9.55. The van der Waals surface area contributed by atoms with Crippen LogP contribution in [-0.4, -0.2) is 36.0 Å². The van der Waals surface area contributed by atoms with E-state index < -0.39 is 0 Å². The third kappa shape index (κ3) is 3.03. The molecule has 3 heteroatoms. The largest absolute Gasteiger partial charge is 0.341 e. The number of amides is 1. The minimum absolute atomic E-state index is 0.115. The molecular formula is C17H30N2O. The van der Waals surface area contributed by atoms with Gasteiger partial charge in [0.2, 0.25) is 5.91 Å². The molecule has 0 aromatic heterocycles. The van der Waals surface area contributed by atoms with E-state index in [-0.39, 0.29) is 6.04 Å². The quantitative estimate of drug-likeness (QED) is 0.800. The fourth-order valence-electron chi connectivity index (χ4n) is 4.37. The summed E-state index contributed by atoms with van der Waals surface area (Å²) in [5, 5.41) is 3.64. The standard InChI is InChI=1S/C17H30N2O/c1-17(2)8-5-10-19(11-9-17)16(20)15-12-13-6-3-4-7-14(13)18-15/h13-15,18H,3-12H2,1-2H3. The lowest BCUT2D eigenvalue weighted by atomic mass is 9.85. The number of hydrogen-bond acceptors (Lipinski definition) is 2. The van der Waals surface area contributed by atoms with E-state index in [4.69, 9.17) is 0 Å². The van der Waals surface area contributed by atoms with E-state index >= 15 is 0 Å². The van der Waals surface area contributed by atoms with Crippen LogP contribution < -0.4 is 5.32 Å². The molecule has 0 radical (unpaired) electrons. The first-order valence-electron chi connectivity index (χ1n) is 8.60. The van der Waals surface area contributed by atoms with Gasteiger partial charge in [-0.05, 0) is 49.9 Å². The second kappa shape index (κ2) is 5.67. The molecule has 0 aromatic carbocycles. The van der Waals surface area contributed by atoms with Crippen LogP contribution in [0.1, 0.15) is 65.2 Å². The van der Waals surface area contributed by atoms with Crippen molar-refractivity contribution in [3.05, 3.63) is 0 Å². The van der Waals surface area contributed by atoms with Crippen LogP contribution in [0.3, 0.4) is 0 Å². The predicted molar refractivity (Wildman–Crippen MR) is 81.5 cm³/mol. The molecule has 0 bridgehead atoms. The Hall–Kier alpha value is -0.570. The van der Waals surface area contributed by atoms with E-state index in [1.807, 2.05) is 0 Å². The van der Waals surface area contributed by atoms with Crippen LogP contribution in [-0.2, 0) is 4.79 Å². The molecule has 20 heavy (non-hydrogen) atoms. The fourth-order valence-corrected chi connectivity index (χ4v) is 4.37. The molecule has 1 aliphatic carbocycles. The van der Waals surface area contributed by atoms with Crippen molar-refractivity contribution in [1.82, 2.24) is 10.2 Å². The molecule has 3 aliphatic rings. The van der Waals surface area contributed by atoms with Gasteiger partial charge in [0.15, 0.2) is 0 Å². The number of rotatable bonds is 1.